The summed E-state index contributed by atoms with van der Waals surface area (Å²) in [6.45, 7) is 1.27. The standard InChI is InChI=1S/C16H15N5O4S/c1-9-11-6-10(7-17-14(11)21(2)20-9)16(24)25-8-13(22)18-19-15(23)12-4-3-5-26-12/h3-7H,8H2,1-2H3,(H,18,22)(H,19,23). The second-order valence-corrected chi connectivity index (χ2v) is 6.31. The van der Waals surface area contributed by atoms with Gasteiger partial charge in [-0.1, -0.05) is 6.07 Å². The van der Waals surface area contributed by atoms with Crippen molar-refractivity contribution < 1.29 is 19.1 Å². The number of hydrogen-bond acceptors (Lipinski definition) is 7. The van der Waals surface area contributed by atoms with Gasteiger partial charge in [-0.25, -0.2) is 9.78 Å². The molecule has 3 aromatic heterocycles. The molecule has 3 aromatic rings. The fourth-order valence-corrected chi connectivity index (χ4v) is 2.88. The Balaban J connectivity index is 1.54. The van der Waals surface area contributed by atoms with Crippen LogP contribution in [0.2, 0.25) is 0 Å². The number of carbonyl (C=O) groups is 3. The van der Waals surface area contributed by atoms with Crippen LogP contribution < -0.4 is 10.9 Å². The first-order valence-electron chi connectivity index (χ1n) is 7.55. The van der Waals surface area contributed by atoms with E-state index in [1.807, 2.05) is 6.92 Å². The number of thiophene rings is 1. The Labute approximate surface area is 151 Å². The molecule has 0 bridgehead atoms. The highest BCUT2D eigenvalue weighted by Crippen LogP contribution is 2.16. The summed E-state index contributed by atoms with van der Waals surface area (Å²) in [5, 5.41) is 6.70. The molecule has 0 radical (unpaired) electrons. The molecular weight excluding hydrogens is 358 g/mol. The summed E-state index contributed by atoms with van der Waals surface area (Å²) in [5.74, 6) is -1.79. The fourth-order valence-electron chi connectivity index (χ4n) is 2.27. The molecule has 9 nitrogen and oxygen atoms in total. The van der Waals surface area contributed by atoms with Crippen LogP contribution in [0.3, 0.4) is 0 Å². The molecule has 3 rings (SSSR count). The molecule has 134 valence electrons. The van der Waals surface area contributed by atoms with E-state index in [1.165, 1.54) is 17.5 Å². The summed E-state index contributed by atoms with van der Waals surface area (Å²) in [5.41, 5.74) is 6.01. The molecular formula is C16H15N5O4S. The molecule has 0 aliphatic carbocycles. The molecule has 0 saturated carbocycles. The topological polar surface area (TPSA) is 115 Å². The first-order chi connectivity index (χ1) is 12.5. The van der Waals surface area contributed by atoms with E-state index in [4.69, 9.17) is 4.74 Å². The van der Waals surface area contributed by atoms with Gasteiger partial charge in [0.1, 0.15) is 0 Å². The van der Waals surface area contributed by atoms with E-state index in [2.05, 4.69) is 20.9 Å². The third-order valence-corrected chi connectivity index (χ3v) is 4.36. The molecule has 3 heterocycles. The van der Waals surface area contributed by atoms with Gasteiger partial charge >= 0.3 is 5.97 Å². The maximum atomic E-state index is 12.1. The Morgan fingerprint density at radius 3 is 2.85 bits per heavy atom. The molecule has 0 saturated heterocycles. The lowest BCUT2D eigenvalue weighted by Crippen LogP contribution is -2.43. The number of nitrogens with zero attached hydrogens (tertiary/aromatic N) is 3. The normalized spacial score (nSPS) is 10.5. The number of pyridine rings is 1. The number of ether oxygens (including phenoxy) is 1. The van der Waals surface area contributed by atoms with Crippen molar-refractivity contribution in [3.05, 3.63) is 45.9 Å². The molecule has 0 unspecified atom stereocenters. The monoisotopic (exact) mass is 373 g/mol. The van der Waals surface area contributed by atoms with Gasteiger partial charge < -0.3 is 4.74 Å². The van der Waals surface area contributed by atoms with Gasteiger partial charge in [-0.3, -0.25) is 25.1 Å². The van der Waals surface area contributed by atoms with Crippen molar-refractivity contribution >= 4 is 40.2 Å². The largest absolute Gasteiger partial charge is 0.452 e. The number of esters is 1. The number of rotatable bonds is 4. The molecule has 2 amide bonds. The SMILES string of the molecule is Cc1nn(C)c2ncc(C(=O)OCC(=O)NNC(=O)c3cccs3)cc12. The molecule has 10 heteroatoms. The first kappa shape index (κ1) is 17.5. The van der Waals surface area contributed by atoms with Crippen LogP contribution in [0, 0.1) is 6.92 Å². The van der Waals surface area contributed by atoms with Gasteiger partial charge in [-0.05, 0) is 24.4 Å². The van der Waals surface area contributed by atoms with Crippen LogP contribution in [-0.2, 0) is 16.6 Å². The van der Waals surface area contributed by atoms with Crippen molar-refractivity contribution in [1.82, 2.24) is 25.6 Å². The minimum Gasteiger partial charge on any atom is -0.452 e. The lowest BCUT2D eigenvalue weighted by Gasteiger charge is -2.07. The fraction of sp³-hybridized carbons (Fsp3) is 0.188. The number of carbonyl (C=O) groups excluding carboxylic acids is 3. The number of aryl methyl sites for hydroxylation is 2. The van der Waals surface area contributed by atoms with Crippen LogP contribution in [0.4, 0.5) is 0 Å². The Hall–Kier alpha value is -3.27. The van der Waals surface area contributed by atoms with Gasteiger partial charge in [0.2, 0.25) is 0 Å². The van der Waals surface area contributed by atoms with E-state index < -0.39 is 24.4 Å². The van der Waals surface area contributed by atoms with Crippen molar-refractivity contribution in [2.24, 2.45) is 7.05 Å². The van der Waals surface area contributed by atoms with Crippen molar-refractivity contribution in [2.75, 3.05) is 6.61 Å². The third-order valence-electron chi connectivity index (χ3n) is 3.49. The summed E-state index contributed by atoms with van der Waals surface area (Å²) in [7, 11) is 1.76. The Kier molecular flexibility index (Phi) is 4.94. The van der Waals surface area contributed by atoms with E-state index in [0.29, 0.717) is 10.5 Å². The molecule has 0 atom stereocenters. The van der Waals surface area contributed by atoms with Gasteiger partial charge in [0.15, 0.2) is 12.3 Å². The highest BCUT2D eigenvalue weighted by Gasteiger charge is 2.15. The highest BCUT2D eigenvalue weighted by atomic mass is 32.1. The van der Waals surface area contributed by atoms with Crippen molar-refractivity contribution in [1.29, 1.82) is 0 Å². The minimum absolute atomic E-state index is 0.212. The number of fused-ring (bicyclic) bond motifs is 1. The Morgan fingerprint density at radius 2 is 2.12 bits per heavy atom. The van der Waals surface area contributed by atoms with Gasteiger partial charge in [-0.2, -0.15) is 5.10 Å². The van der Waals surface area contributed by atoms with Gasteiger partial charge in [-0.15, -0.1) is 11.3 Å². The number of hydrazine groups is 1. The quantitative estimate of drug-likeness (QED) is 0.520. The van der Waals surface area contributed by atoms with Crippen molar-refractivity contribution in [3.8, 4) is 0 Å². The maximum Gasteiger partial charge on any atom is 0.340 e. The third kappa shape index (κ3) is 3.70. The van der Waals surface area contributed by atoms with Crippen LogP contribution in [0.25, 0.3) is 11.0 Å². The van der Waals surface area contributed by atoms with Gasteiger partial charge in [0.05, 0.1) is 16.1 Å². The second kappa shape index (κ2) is 7.31. The average molecular weight is 373 g/mol. The van der Waals surface area contributed by atoms with Crippen LogP contribution in [0.1, 0.15) is 25.7 Å². The van der Waals surface area contributed by atoms with E-state index in [1.54, 1.807) is 35.3 Å². The van der Waals surface area contributed by atoms with E-state index >= 15 is 0 Å². The van der Waals surface area contributed by atoms with E-state index in [9.17, 15) is 14.4 Å². The molecule has 0 aliphatic rings. The first-order valence-corrected chi connectivity index (χ1v) is 8.43. The molecule has 0 aromatic carbocycles. The molecule has 0 fully saturated rings. The zero-order valence-corrected chi connectivity index (χ0v) is 14.8. The average Bonchev–Trinajstić information content (AvgIpc) is 3.26. The predicted molar refractivity (Wildman–Crippen MR) is 93.5 cm³/mol. The lowest BCUT2D eigenvalue weighted by molar-refractivity contribution is -0.125. The second-order valence-electron chi connectivity index (χ2n) is 5.36. The van der Waals surface area contributed by atoms with Crippen LogP contribution in [0.5, 0.6) is 0 Å². The van der Waals surface area contributed by atoms with Crippen LogP contribution in [0.15, 0.2) is 29.8 Å². The number of aromatic nitrogens is 3. The number of amides is 2. The van der Waals surface area contributed by atoms with Crippen molar-refractivity contribution in [3.63, 3.8) is 0 Å². The summed E-state index contributed by atoms with van der Waals surface area (Å²) < 4.78 is 6.56. The number of hydrogen-bond donors (Lipinski definition) is 2. The zero-order valence-electron chi connectivity index (χ0n) is 14.0. The van der Waals surface area contributed by atoms with E-state index in [-0.39, 0.29) is 5.56 Å². The Morgan fingerprint density at radius 1 is 1.31 bits per heavy atom. The summed E-state index contributed by atoms with van der Waals surface area (Å²) >= 11 is 1.24. The maximum absolute atomic E-state index is 12.1. The smallest absolute Gasteiger partial charge is 0.340 e. The molecule has 26 heavy (non-hydrogen) atoms. The minimum atomic E-state index is -0.692. The predicted octanol–water partition coefficient (Wildman–Crippen LogP) is 0.956. The molecule has 2 N–H and O–H groups in total. The highest BCUT2D eigenvalue weighted by molar-refractivity contribution is 7.12. The van der Waals surface area contributed by atoms with Crippen molar-refractivity contribution in [2.45, 2.75) is 6.92 Å². The van der Waals surface area contributed by atoms with Gasteiger partial charge in [0.25, 0.3) is 11.8 Å². The molecule has 0 aliphatic heterocycles. The number of nitrogens with one attached hydrogen (secondary N) is 2. The summed E-state index contributed by atoms with van der Waals surface area (Å²) in [6.07, 6.45) is 1.36. The molecule has 0 spiro atoms. The van der Waals surface area contributed by atoms with E-state index in [0.717, 1.165) is 11.1 Å². The summed E-state index contributed by atoms with van der Waals surface area (Å²) in [6, 6.07) is 4.96. The van der Waals surface area contributed by atoms with Gasteiger partial charge in [0, 0.05) is 18.6 Å². The lowest BCUT2D eigenvalue weighted by atomic mass is 10.2. The Bertz CT molecular complexity index is 980. The summed E-state index contributed by atoms with van der Waals surface area (Å²) in [4.78, 5) is 40.1. The van der Waals surface area contributed by atoms with Crippen LogP contribution in [-0.4, -0.2) is 39.2 Å². The van der Waals surface area contributed by atoms with Crippen LogP contribution >= 0.6 is 11.3 Å². The zero-order chi connectivity index (χ0) is 18.7.